The molecular weight excluding hydrogens is 388 g/mol. The Morgan fingerprint density at radius 1 is 0.839 bits per heavy atom. The Morgan fingerprint density at radius 3 is 2.29 bits per heavy atom. The van der Waals surface area contributed by atoms with Gasteiger partial charge in [0.05, 0.1) is 27.0 Å². The number of hydrogen-bond donors (Lipinski definition) is 1. The van der Waals surface area contributed by atoms with Crippen LogP contribution in [0.4, 0.5) is 5.69 Å². The minimum absolute atomic E-state index is 0.567. The summed E-state index contributed by atoms with van der Waals surface area (Å²) in [6.07, 6.45) is 3.98. The fraction of sp³-hybridized carbons (Fsp3) is 0.115. The number of benzene rings is 3. The molecule has 0 radical (unpaired) electrons. The van der Waals surface area contributed by atoms with Crippen LogP contribution in [0, 0.1) is 0 Å². The summed E-state index contributed by atoms with van der Waals surface area (Å²) in [5.41, 5.74) is 7.27. The van der Waals surface area contributed by atoms with Gasteiger partial charge in [-0.2, -0.15) is 0 Å². The number of ether oxygens (including phenoxy) is 3. The molecule has 4 aromatic rings. The zero-order valence-corrected chi connectivity index (χ0v) is 17.6. The van der Waals surface area contributed by atoms with E-state index in [1.165, 1.54) is 0 Å². The molecule has 0 aliphatic carbocycles. The minimum Gasteiger partial charge on any atom is -0.493 e. The topological polar surface area (TPSA) is 55.8 Å². The number of aromatic nitrogens is 1. The van der Waals surface area contributed by atoms with Crippen LogP contribution in [-0.4, -0.2) is 32.5 Å². The Kier molecular flexibility index (Phi) is 4.71. The molecule has 0 bridgehead atoms. The zero-order chi connectivity index (χ0) is 21.4. The minimum atomic E-state index is 0.567. The van der Waals surface area contributed by atoms with Crippen molar-refractivity contribution >= 4 is 34.0 Å². The van der Waals surface area contributed by atoms with Crippen molar-refractivity contribution in [3.05, 3.63) is 83.6 Å². The van der Waals surface area contributed by atoms with Gasteiger partial charge in [-0.05, 0) is 29.8 Å². The molecule has 5 nitrogen and oxygen atoms in total. The molecule has 0 amide bonds. The number of nitrogens with one attached hydrogen (secondary N) is 1. The van der Waals surface area contributed by atoms with Crippen molar-refractivity contribution in [3.63, 3.8) is 0 Å². The third-order valence-corrected chi connectivity index (χ3v) is 5.61. The number of allylic oxidation sites excluding steroid dienone is 1. The first kappa shape index (κ1) is 19.0. The molecule has 0 unspecified atom stereocenters. The normalized spacial score (nSPS) is 13.9. The first-order chi connectivity index (χ1) is 15.2. The molecule has 0 saturated heterocycles. The molecule has 1 aliphatic rings. The zero-order valence-electron chi connectivity index (χ0n) is 17.6. The average Bonchev–Trinajstić information content (AvgIpc) is 3.44. The molecular formula is C26H22N2O3. The first-order valence-corrected chi connectivity index (χ1v) is 9.99. The molecule has 1 aliphatic heterocycles. The quantitative estimate of drug-likeness (QED) is 0.448. The third-order valence-electron chi connectivity index (χ3n) is 5.61. The highest BCUT2D eigenvalue weighted by molar-refractivity contribution is 6.27. The van der Waals surface area contributed by atoms with E-state index >= 15 is 0 Å². The molecule has 0 fully saturated rings. The van der Waals surface area contributed by atoms with E-state index in [9.17, 15) is 0 Å². The molecule has 0 saturated carbocycles. The lowest BCUT2D eigenvalue weighted by Crippen LogP contribution is -1.99. The van der Waals surface area contributed by atoms with Crippen LogP contribution < -0.4 is 14.2 Å². The number of aliphatic imine (C=N–C) groups is 1. The summed E-state index contributed by atoms with van der Waals surface area (Å²) < 4.78 is 16.8. The van der Waals surface area contributed by atoms with Gasteiger partial charge in [-0.1, -0.05) is 36.4 Å². The first-order valence-electron chi connectivity index (χ1n) is 9.99. The van der Waals surface area contributed by atoms with Gasteiger partial charge in [-0.3, -0.25) is 4.99 Å². The number of nitrogens with zero attached hydrogens (tertiary/aromatic N) is 1. The van der Waals surface area contributed by atoms with Gasteiger partial charge in [-0.15, -0.1) is 0 Å². The second-order valence-electron chi connectivity index (χ2n) is 7.23. The van der Waals surface area contributed by atoms with Gasteiger partial charge in [-0.25, -0.2) is 0 Å². The van der Waals surface area contributed by atoms with E-state index < -0.39 is 0 Å². The summed E-state index contributed by atoms with van der Waals surface area (Å²) in [6, 6.07) is 20.4. The van der Waals surface area contributed by atoms with Crippen molar-refractivity contribution in [1.29, 1.82) is 0 Å². The highest BCUT2D eigenvalue weighted by Crippen LogP contribution is 2.45. The smallest absolute Gasteiger partial charge is 0.203 e. The van der Waals surface area contributed by atoms with Crippen molar-refractivity contribution in [2.45, 2.75) is 0 Å². The highest BCUT2D eigenvalue weighted by atomic mass is 16.5. The number of para-hydroxylation sites is 2. The predicted octanol–water partition coefficient (Wildman–Crippen LogP) is 5.87. The molecule has 3 aromatic carbocycles. The molecule has 0 atom stereocenters. The average molecular weight is 410 g/mol. The summed E-state index contributed by atoms with van der Waals surface area (Å²) in [5.74, 6) is 1.79. The van der Waals surface area contributed by atoms with Crippen LogP contribution >= 0.6 is 0 Å². The number of H-pyrrole nitrogens is 1. The standard InChI is InChI=1S/C26H22N2O3/c1-29-23-12-16(13-24(30-2)26(23)31-3)25(19-14-27-21-10-6-4-8-17(19)21)20-15-28-22-11-7-5-9-18(20)22/h4-15,27H,1-3H3. The van der Waals surface area contributed by atoms with E-state index in [-0.39, 0.29) is 0 Å². The summed E-state index contributed by atoms with van der Waals surface area (Å²) in [5, 5.41) is 1.14. The van der Waals surface area contributed by atoms with Gasteiger partial charge in [0.1, 0.15) is 0 Å². The molecule has 154 valence electrons. The lowest BCUT2D eigenvalue weighted by atomic mass is 9.89. The Bertz CT molecular complexity index is 1320. The van der Waals surface area contributed by atoms with Gasteiger partial charge in [0.2, 0.25) is 5.75 Å². The molecule has 1 N–H and O–H groups in total. The Hall–Kier alpha value is -3.99. The fourth-order valence-electron chi connectivity index (χ4n) is 4.18. The van der Waals surface area contributed by atoms with E-state index in [1.54, 1.807) is 21.3 Å². The van der Waals surface area contributed by atoms with Crippen LogP contribution in [0.5, 0.6) is 17.2 Å². The van der Waals surface area contributed by atoms with Gasteiger partial charge in [0.15, 0.2) is 11.5 Å². The number of hydrogen-bond acceptors (Lipinski definition) is 4. The fourth-order valence-corrected chi connectivity index (χ4v) is 4.18. The van der Waals surface area contributed by atoms with E-state index in [4.69, 9.17) is 14.2 Å². The molecule has 5 rings (SSSR count). The maximum atomic E-state index is 5.64. The molecule has 31 heavy (non-hydrogen) atoms. The van der Waals surface area contributed by atoms with Crippen LogP contribution in [0.1, 0.15) is 16.7 Å². The number of methoxy groups -OCH3 is 3. The summed E-state index contributed by atoms with van der Waals surface area (Å²) in [4.78, 5) is 8.06. The number of aromatic amines is 1. The summed E-state index contributed by atoms with van der Waals surface area (Å²) in [6.45, 7) is 0. The highest BCUT2D eigenvalue weighted by Gasteiger charge is 2.23. The maximum absolute atomic E-state index is 5.64. The third kappa shape index (κ3) is 3.06. The monoisotopic (exact) mass is 410 g/mol. The second-order valence-corrected chi connectivity index (χ2v) is 7.23. The van der Waals surface area contributed by atoms with Crippen LogP contribution in [0.25, 0.3) is 22.0 Å². The van der Waals surface area contributed by atoms with E-state index in [2.05, 4.69) is 28.2 Å². The van der Waals surface area contributed by atoms with E-state index in [1.807, 2.05) is 54.9 Å². The Balaban J connectivity index is 1.86. The lowest BCUT2D eigenvalue weighted by molar-refractivity contribution is 0.324. The van der Waals surface area contributed by atoms with Gasteiger partial charge in [0, 0.05) is 45.6 Å². The van der Waals surface area contributed by atoms with Crippen LogP contribution in [0.3, 0.4) is 0 Å². The van der Waals surface area contributed by atoms with Crippen molar-refractivity contribution in [1.82, 2.24) is 4.98 Å². The lowest BCUT2D eigenvalue weighted by Gasteiger charge is -2.17. The van der Waals surface area contributed by atoms with Crippen molar-refractivity contribution < 1.29 is 14.2 Å². The van der Waals surface area contributed by atoms with Crippen molar-refractivity contribution in [2.24, 2.45) is 4.99 Å². The van der Waals surface area contributed by atoms with Gasteiger partial charge >= 0.3 is 0 Å². The Morgan fingerprint density at radius 2 is 1.55 bits per heavy atom. The van der Waals surface area contributed by atoms with Crippen molar-refractivity contribution in [3.8, 4) is 17.2 Å². The SMILES string of the molecule is COc1cc(C(=C2C=Nc3ccccc32)c2c[nH]c3ccccc23)cc(OC)c1OC. The molecule has 0 spiro atoms. The van der Waals surface area contributed by atoms with Gasteiger partial charge in [0.25, 0.3) is 0 Å². The Labute approximate surface area is 180 Å². The second kappa shape index (κ2) is 7.69. The van der Waals surface area contributed by atoms with Crippen LogP contribution in [0.15, 0.2) is 71.9 Å². The molecule has 2 heterocycles. The molecule has 1 aromatic heterocycles. The number of fused-ring (bicyclic) bond motifs is 2. The number of rotatable bonds is 5. The van der Waals surface area contributed by atoms with Gasteiger partial charge < -0.3 is 19.2 Å². The van der Waals surface area contributed by atoms with Crippen LogP contribution in [0.2, 0.25) is 0 Å². The van der Waals surface area contributed by atoms with Crippen LogP contribution in [-0.2, 0) is 0 Å². The predicted molar refractivity (Wildman–Crippen MR) is 125 cm³/mol. The van der Waals surface area contributed by atoms with Crippen molar-refractivity contribution in [2.75, 3.05) is 21.3 Å². The summed E-state index contributed by atoms with van der Waals surface area (Å²) >= 11 is 0. The van der Waals surface area contributed by atoms with E-state index in [0.29, 0.717) is 17.2 Å². The largest absolute Gasteiger partial charge is 0.493 e. The van der Waals surface area contributed by atoms with E-state index in [0.717, 1.165) is 44.4 Å². The molecule has 5 heteroatoms. The maximum Gasteiger partial charge on any atom is 0.203 e. The summed E-state index contributed by atoms with van der Waals surface area (Å²) in [7, 11) is 4.87.